The Hall–Kier alpha value is -1.43. The number of aryl methyl sites for hydroxylation is 2. The van der Waals surface area contributed by atoms with Crippen LogP contribution < -0.4 is 0 Å². The van der Waals surface area contributed by atoms with E-state index in [4.69, 9.17) is 11.6 Å². The molecule has 0 aliphatic carbocycles. The molecule has 2 aromatic rings. The van der Waals surface area contributed by atoms with Gasteiger partial charge in [0.2, 0.25) is 10.0 Å². The number of hydrogen-bond donors (Lipinski definition) is 0. The van der Waals surface area contributed by atoms with Crippen LogP contribution in [0.3, 0.4) is 0 Å². The fraction of sp³-hybridized carbons (Fsp3) is 0.250. The molecule has 0 N–H and O–H groups in total. The van der Waals surface area contributed by atoms with Gasteiger partial charge in [-0.3, -0.25) is 0 Å². The van der Waals surface area contributed by atoms with Crippen LogP contribution >= 0.6 is 11.6 Å². The van der Waals surface area contributed by atoms with Crippen LogP contribution in [-0.2, 0) is 16.6 Å². The van der Waals surface area contributed by atoms with E-state index in [2.05, 4.69) is 0 Å². The number of hydrogen-bond acceptors (Lipinski definition) is 2. The molecule has 0 fully saturated rings. The average Bonchev–Trinajstić information content (AvgIpc) is 2.42. The predicted molar refractivity (Wildman–Crippen MR) is 86.0 cm³/mol. The number of benzene rings is 2. The van der Waals surface area contributed by atoms with Crippen LogP contribution in [-0.4, -0.2) is 19.8 Å². The average molecular weight is 342 g/mol. The first-order valence-corrected chi connectivity index (χ1v) is 8.52. The predicted octanol–water partition coefficient (Wildman–Crippen LogP) is 3.92. The molecular formula is C16H17ClFNO2S. The molecule has 3 nitrogen and oxygen atoms in total. The third-order valence-electron chi connectivity index (χ3n) is 3.46. The van der Waals surface area contributed by atoms with Crippen LogP contribution in [0.15, 0.2) is 41.3 Å². The summed E-state index contributed by atoms with van der Waals surface area (Å²) >= 11 is 5.96. The Morgan fingerprint density at radius 1 is 1.18 bits per heavy atom. The van der Waals surface area contributed by atoms with Gasteiger partial charge in [0.15, 0.2) is 0 Å². The van der Waals surface area contributed by atoms with Crippen molar-refractivity contribution in [3.8, 4) is 0 Å². The lowest BCUT2D eigenvalue weighted by atomic mass is 10.2. The zero-order chi connectivity index (χ0) is 16.5. The number of halogens is 2. The van der Waals surface area contributed by atoms with E-state index in [1.54, 1.807) is 25.1 Å². The summed E-state index contributed by atoms with van der Waals surface area (Å²) in [6.45, 7) is 3.51. The van der Waals surface area contributed by atoms with Gasteiger partial charge in [0.05, 0.1) is 4.90 Å². The first kappa shape index (κ1) is 16.9. The van der Waals surface area contributed by atoms with Crippen LogP contribution in [0.4, 0.5) is 4.39 Å². The molecule has 0 aliphatic rings. The highest BCUT2D eigenvalue weighted by molar-refractivity contribution is 7.89. The Bertz CT molecular complexity index is 786. The van der Waals surface area contributed by atoms with Crippen LogP contribution in [0.5, 0.6) is 0 Å². The van der Waals surface area contributed by atoms with Crippen molar-refractivity contribution in [2.24, 2.45) is 0 Å². The van der Waals surface area contributed by atoms with Gasteiger partial charge in [-0.05, 0) is 37.6 Å². The molecule has 118 valence electrons. The van der Waals surface area contributed by atoms with Crippen molar-refractivity contribution in [1.82, 2.24) is 4.31 Å². The van der Waals surface area contributed by atoms with Gasteiger partial charge in [-0.15, -0.1) is 0 Å². The van der Waals surface area contributed by atoms with Gasteiger partial charge in [0.25, 0.3) is 0 Å². The standard InChI is InChI=1S/C16H17ClFNO2S/c1-11-7-8-16(12(2)9-11)22(20,21)19(3)10-13-14(17)5-4-6-15(13)18/h4-9H,10H2,1-3H3. The molecular weight excluding hydrogens is 325 g/mol. The third-order valence-corrected chi connectivity index (χ3v) is 5.78. The lowest BCUT2D eigenvalue weighted by molar-refractivity contribution is 0.456. The second kappa shape index (κ2) is 6.36. The van der Waals surface area contributed by atoms with Gasteiger partial charge < -0.3 is 0 Å². The summed E-state index contributed by atoms with van der Waals surface area (Å²) in [6, 6.07) is 9.40. The number of nitrogens with zero attached hydrogens (tertiary/aromatic N) is 1. The summed E-state index contributed by atoms with van der Waals surface area (Å²) in [4.78, 5) is 0.216. The van der Waals surface area contributed by atoms with E-state index < -0.39 is 15.8 Å². The van der Waals surface area contributed by atoms with Crippen LogP contribution in [0.1, 0.15) is 16.7 Å². The van der Waals surface area contributed by atoms with Crippen molar-refractivity contribution in [3.63, 3.8) is 0 Å². The van der Waals surface area contributed by atoms with Crippen LogP contribution in [0, 0.1) is 19.7 Å². The fourth-order valence-corrected chi connectivity index (χ4v) is 3.81. The molecule has 6 heteroatoms. The summed E-state index contributed by atoms with van der Waals surface area (Å²) in [5.74, 6) is -0.518. The lowest BCUT2D eigenvalue weighted by Gasteiger charge is -2.19. The second-order valence-electron chi connectivity index (χ2n) is 5.23. The van der Waals surface area contributed by atoms with E-state index in [0.717, 1.165) is 9.87 Å². The molecule has 22 heavy (non-hydrogen) atoms. The van der Waals surface area contributed by atoms with E-state index in [-0.39, 0.29) is 22.0 Å². The fourth-order valence-electron chi connectivity index (χ4n) is 2.25. The molecule has 0 saturated carbocycles. The van der Waals surface area contributed by atoms with Crippen LogP contribution in [0.25, 0.3) is 0 Å². The SMILES string of the molecule is Cc1ccc(S(=O)(=O)N(C)Cc2c(F)cccc2Cl)c(C)c1. The highest BCUT2D eigenvalue weighted by Crippen LogP contribution is 2.25. The minimum atomic E-state index is -3.71. The minimum absolute atomic E-state index is 0.124. The third kappa shape index (κ3) is 3.32. The minimum Gasteiger partial charge on any atom is -0.207 e. The Morgan fingerprint density at radius 2 is 1.86 bits per heavy atom. The highest BCUT2D eigenvalue weighted by atomic mass is 35.5. The van der Waals surface area contributed by atoms with E-state index in [0.29, 0.717) is 5.56 Å². The van der Waals surface area contributed by atoms with Crippen molar-refractivity contribution in [1.29, 1.82) is 0 Å². The summed E-state index contributed by atoms with van der Waals surface area (Å²) < 4.78 is 40.2. The molecule has 0 heterocycles. The molecule has 0 atom stereocenters. The zero-order valence-corrected chi connectivity index (χ0v) is 14.2. The quantitative estimate of drug-likeness (QED) is 0.845. The van der Waals surface area contributed by atoms with Gasteiger partial charge in [-0.1, -0.05) is 35.4 Å². The highest BCUT2D eigenvalue weighted by Gasteiger charge is 2.24. The molecule has 0 radical (unpaired) electrons. The molecule has 0 unspecified atom stereocenters. The Labute approximate surface area is 135 Å². The number of rotatable bonds is 4. The smallest absolute Gasteiger partial charge is 0.207 e. The second-order valence-corrected chi connectivity index (χ2v) is 7.65. The maximum Gasteiger partial charge on any atom is 0.243 e. The van der Waals surface area contributed by atoms with E-state index in [9.17, 15) is 12.8 Å². The van der Waals surface area contributed by atoms with Gasteiger partial charge in [0, 0.05) is 24.2 Å². The summed E-state index contributed by atoms with van der Waals surface area (Å²) in [6.07, 6.45) is 0. The Morgan fingerprint density at radius 3 is 2.45 bits per heavy atom. The largest absolute Gasteiger partial charge is 0.243 e. The normalized spacial score (nSPS) is 11.9. The first-order chi connectivity index (χ1) is 10.2. The van der Waals surface area contributed by atoms with Crippen molar-refractivity contribution in [2.45, 2.75) is 25.3 Å². The van der Waals surface area contributed by atoms with Crippen molar-refractivity contribution < 1.29 is 12.8 Å². The first-order valence-electron chi connectivity index (χ1n) is 6.70. The monoisotopic (exact) mass is 341 g/mol. The molecule has 0 saturated heterocycles. The van der Waals surface area contributed by atoms with Gasteiger partial charge in [0.1, 0.15) is 5.82 Å². The van der Waals surface area contributed by atoms with E-state index in [1.165, 1.54) is 25.2 Å². The molecule has 0 spiro atoms. The Balaban J connectivity index is 2.37. The molecule has 2 aromatic carbocycles. The summed E-state index contributed by atoms with van der Waals surface area (Å²) in [5.41, 5.74) is 1.81. The van der Waals surface area contributed by atoms with Crippen LogP contribution in [0.2, 0.25) is 5.02 Å². The van der Waals surface area contributed by atoms with E-state index >= 15 is 0 Å². The zero-order valence-electron chi connectivity index (χ0n) is 12.6. The van der Waals surface area contributed by atoms with Gasteiger partial charge in [-0.25, -0.2) is 12.8 Å². The molecule has 2 rings (SSSR count). The summed E-state index contributed by atoms with van der Waals surface area (Å²) in [5, 5.41) is 0.211. The lowest BCUT2D eigenvalue weighted by Crippen LogP contribution is -2.27. The molecule has 0 bridgehead atoms. The summed E-state index contributed by atoms with van der Waals surface area (Å²) in [7, 11) is -2.30. The molecule has 0 amide bonds. The molecule has 0 aromatic heterocycles. The van der Waals surface area contributed by atoms with Gasteiger partial charge in [-0.2, -0.15) is 4.31 Å². The van der Waals surface area contributed by atoms with Crippen molar-refractivity contribution >= 4 is 21.6 Å². The topological polar surface area (TPSA) is 37.4 Å². The maximum absolute atomic E-state index is 13.8. The number of sulfonamides is 1. The van der Waals surface area contributed by atoms with E-state index in [1.807, 2.05) is 6.92 Å². The van der Waals surface area contributed by atoms with Crippen molar-refractivity contribution in [3.05, 3.63) is 63.9 Å². The Kier molecular flexibility index (Phi) is 4.90. The van der Waals surface area contributed by atoms with Gasteiger partial charge >= 0.3 is 0 Å². The van der Waals surface area contributed by atoms with Crippen molar-refractivity contribution in [2.75, 3.05) is 7.05 Å². The maximum atomic E-state index is 13.8. The molecule has 0 aliphatic heterocycles.